The van der Waals surface area contributed by atoms with E-state index >= 15 is 0 Å². The van der Waals surface area contributed by atoms with Gasteiger partial charge in [0.05, 0.1) is 23.3 Å². The van der Waals surface area contributed by atoms with E-state index in [1.165, 1.54) is 28.2 Å². The van der Waals surface area contributed by atoms with Crippen LogP contribution in [-0.4, -0.2) is 57.9 Å². The predicted molar refractivity (Wildman–Crippen MR) is 288 cm³/mol. The molecule has 0 N–H and O–H groups in total. The summed E-state index contributed by atoms with van der Waals surface area (Å²) in [6, 6.07) is 35.6. The number of nitrogens with zero attached hydrogens (tertiary/aromatic N) is 2. The Kier molecular flexibility index (Phi) is 25.0. The van der Waals surface area contributed by atoms with Crippen molar-refractivity contribution >= 4 is 111 Å². The van der Waals surface area contributed by atoms with E-state index in [2.05, 4.69) is 197 Å². The quantitative estimate of drug-likeness (QED) is 0.0567. The average Bonchev–Trinajstić information content (AvgIpc) is 3.21. The smallest absolute Gasteiger partial charge is 1.00 e. The summed E-state index contributed by atoms with van der Waals surface area (Å²) in [4.78, 5) is 19.9. The minimum atomic E-state index is -2.56. The summed E-state index contributed by atoms with van der Waals surface area (Å²) in [5, 5.41) is 13.1. The molecule has 0 fully saturated rings. The molecule has 15 heteroatoms. The predicted octanol–water partition coefficient (Wildman–Crippen LogP) is 11.6. The van der Waals surface area contributed by atoms with Crippen LogP contribution in [0.4, 0.5) is 0 Å². The van der Waals surface area contributed by atoms with Crippen molar-refractivity contribution < 1.29 is 70.1 Å². The van der Waals surface area contributed by atoms with E-state index in [-0.39, 0.29) is 84.0 Å². The number of carbonyl (C=O) groups excluding carboxylic acids is 1. The van der Waals surface area contributed by atoms with Gasteiger partial charge in [-0.15, -0.1) is 5.60 Å². The van der Waals surface area contributed by atoms with Crippen molar-refractivity contribution in [2.75, 3.05) is 19.9 Å². The van der Waals surface area contributed by atoms with Crippen LogP contribution in [-0.2, 0) is 8.85 Å². The maximum absolute atomic E-state index is 12.0. The topological polar surface area (TPSA) is 84.4 Å². The number of hydrogen-bond acceptors (Lipinski definition) is 6. The SMILES string of the molecule is C=C(CO[Si](C)(C)C(C)(C)C)c1cnc(Cl)c(Cl)c1.CC(C)(C)[O-].CC(C)(C)[Si](C)(C)OCC(=O)c1cnc(Cl)c(Cl)c1.CP(Br)(c1ccccc1)(c1ccccc1)c1ccccc1.[K+]. The molecule has 2 heterocycles. The van der Waals surface area contributed by atoms with Crippen molar-refractivity contribution in [1.82, 2.24) is 9.97 Å². The van der Waals surface area contributed by atoms with Crippen LogP contribution in [0.2, 0.25) is 56.6 Å². The molecule has 0 radical (unpaired) electrons. The van der Waals surface area contributed by atoms with Crippen LogP contribution in [0.1, 0.15) is 78.2 Å². The Hall–Kier alpha value is -0.610. The second-order valence-electron chi connectivity index (χ2n) is 19.7. The van der Waals surface area contributed by atoms with Gasteiger partial charge in [0.1, 0.15) is 10.3 Å². The molecule has 0 aliphatic heterocycles. The maximum Gasteiger partial charge on any atom is 1.00 e. The minimum Gasteiger partial charge on any atom is 1.00 e. The van der Waals surface area contributed by atoms with Crippen LogP contribution >= 0.6 is 67.2 Å². The molecule has 2 aromatic heterocycles. The number of hydrogen-bond donors (Lipinski definition) is 0. The zero-order chi connectivity index (χ0) is 49.0. The molecule has 0 aliphatic carbocycles. The maximum atomic E-state index is 12.0. The fraction of sp³-hybridized carbons (Fsp3) is 0.380. The third-order valence-corrected chi connectivity index (χ3v) is 29.8. The van der Waals surface area contributed by atoms with E-state index in [1.807, 2.05) is 0 Å². The molecule has 3 aromatic carbocycles. The van der Waals surface area contributed by atoms with E-state index in [0.29, 0.717) is 22.3 Å². The van der Waals surface area contributed by atoms with Crippen molar-refractivity contribution in [3.05, 3.63) is 154 Å². The van der Waals surface area contributed by atoms with Crippen molar-refractivity contribution in [3.63, 3.8) is 0 Å². The first kappa shape index (κ1) is 62.4. The Morgan fingerprint density at radius 3 is 1.23 bits per heavy atom. The first-order valence-electron chi connectivity index (χ1n) is 20.9. The Morgan fingerprint density at radius 1 is 0.631 bits per heavy atom. The molecule has 0 unspecified atom stereocenters. The number of benzene rings is 3. The molecule has 350 valence electrons. The van der Waals surface area contributed by atoms with Crippen LogP contribution in [0.25, 0.3) is 5.57 Å². The number of ketones is 1. The summed E-state index contributed by atoms with van der Waals surface area (Å²) in [7, 11) is -3.69. The first-order valence-corrected chi connectivity index (χ1v) is 33.0. The van der Waals surface area contributed by atoms with E-state index < -0.39 is 27.5 Å². The standard InChI is InChI=1S/C19H18BrP.C14H21Cl2NOSi.C13H19Cl2NO2Si.C4H9O.K/c1-21(20,17-11-5-2-6-12-17,18-13-7-3-8-14-18)19-15-9-4-10-16-19;1-10(9-18-19(5,6)14(2,3)4)11-7-12(15)13(16)17-8-11;1-13(2,3)19(4,5)18-8-11(17)9-6-10(14)12(15)16-7-9;1-4(2,3)5;/h2-16H,1H3;7-8H,1,9H2,2-6H3;6-7H,8H2,1-5H3;1-3H3;/q;;;-1;+1. The summed E-state index contributed by atoms with van der Waals surface area (Å²) >= 11 is 27.6. The van der Waals surface area contributed by atoms with Crippen molar-refractivity contribution in [3.8, 4) is 0 Å². The molecule has 5 aromatic rings. The summed E-state index contributed by atoms with van der Waals surface area (Å²) in [5.74, 6) is -0.129. The van der Waals surface area contributed by atoms with Crippen LogP contribution in [0.15, 0.2) is 122 Å². The Labute approximate surface area is 463 Å². The molecule has 0 spiro atoms. The Balaban J connectivity index is 0.000000460. The monoisotopic (exact) mass is 1100 g/mol. The van der Waals surface area contributed by atoms with Gasteiger partial charge < -0.3 is 14.0 Å². The van der Waals surface area contributed by atoms with Crippen LogP contribution < -0.4 is 72.4 Å². The number of pyridine rings is 2. The van der Waals surface area contributed by atoms with E-state index in [1.54, 1.807) is 33.0 Å². The fourth-order valence-corrected chi connectivity index (χ4v) is 13.2. The zero-order valence-electron chi connectivity index (χ0n) is 41.0. The molecule has 5 rings (SSSR count). The summed E-state index contributed by atoms with van der Waals surface area (Å²) in [6.45, 7) is 33.5. The normalized spacial score (nSPS) is 12.6. The van der Waals surface area contributed by atoms with Gasteiger partial charge in [-0.25, -0.2) is 9.97 Å². The minimum absolute atomic E-state index is 0. The number of halogens is 5. The van der Waals surface area contributed by atoms with Gasteiger partial charge in [-0.05, 0) is 59.5 Å². The van der Waals surface area contributed by atoms with Gasteiger partial charge in [-0.2, -0.15) is 0 Å². The van der Waals surface area contributed by atoms with E-state index in [4.69, 9.17) is 55.3 Å². The molecule has 0 atom stereocenters. The molecule has 0 aliphatic rings. The molecular weight excluding hydrogens is 1040 g/mol. The van der Waals surface area contributed by atoms with Gasteiger partial charge in [0, 0.05) is 18.0 Å². The van der Waals surface area contributed by atoms with E-state index in [0.717, 1.165) is 11.1 Å². The number of aromatic nitrogens is 2. The molecule has 0 bridgehead atoms. The van der Waals surface area contributed by atoms with E-state index in [9.17, 15) is 9.90 Å². The third kappa shape index (κ3) is 19.3. The van der Waals surface area contributed by atoms with Gasteiger partial charge in [0.2, 0.25) is 0 Å². The first-order chi connectivity index (χ1) is 29.2. The van der Waals surface area contributed by atoms with Crippen LogP contribution in [0.3, 0.4) is 0 Å². The van der Waals surface area contributed by atoms with Crippen LogP contribution in [0, 0.1) is 0 Å². The molecule has 6 nitrogen and oxygen atoms in total. The Morgan fingerprint density at radius 2 is 0.923 bits per heavy atom. The zero-order valence-corrected chi connectivity index (χ0v) is 51.6. The largest absolute Gasteiger partial charge is 1.00 e. The van der Waals surface area contributed by atoms with Crippen molar-refractivity contribution in [2.45, 2.75) is 104 Å². The van der Waals surface area contributed by atoms with Gasteiger partial charge in [-0.3, -0.25) is 4.79 Å². The van der Waals surface area contributed by atoms with Gasteiger partial charge in [-0.1, -0.05) is 115 Å². The Bertz CT molecular complexity index is 2090. The molecular formula is C50H67BrCl4KN2O4PSi2. The molecule has 0 saturated heterocycles. The number of carbonyl (C=O) groups is 1. The summed E-state index contributed by atoms with van der Waals surface area (Å²) < 4.78 is 12.0. The third-order valence-electron chi connectivity index (χ3n) is 11.2. The number of rotatable bonds is 11. The average molecular weight is 1110 g/mol. The second-order valence-corrected chi connectivity index (χ2v) is 40.5. The fourth-order valence-electron chi connectivity index (χ4n) is 5.10. The van der Waals surface area contributed by atoms with Gasteiger partial charge in [0.25, 0.3) is 0 Å². The van der Waals surface area contributed by atoms with Gasteiger partial charge in [0.15, 0.2) is 22.4 Å². The summed E-state index contributed by atoms with van der Waals surface area (Å²) in [5.41, 5.74) is 1.41. The second kappa shape index (κ2) is 26.0. The molecule has 65 heavy (non-hydrogen) atoms. The van der Waals surface area contributed by atoms with Crippen molar-refractivity contribution in [1.29, 1.82) is 0 Å². The van der Waals surface area contributed by atoms with Crippen LogP contribution in [0.5, 0.6) is 0 Å². The number of Topliss-reactive ketones (excluding diaryl/α,β-unsaturated/α-hetero) is 1. The molecule has 0 saturated carbocycles. The van der Waals surface area contributed by atoms with Crippen molar-refractivity contribution in [2.24, 2.45) is 0 Å². The molecule has 0 amide bonds. The summed E-state index contributed by atoms with van der Waals surface area (Å²) in [6.07, 6.45) is 3.09. The van der Waals surface area contributed by atoms with Gasteiger partial charge >= 0.3 is 186 Å².